The van der Waals surface area contributed by atoms with Gasteiger partial charge in [-0.1, -0.05) is 67.2 Å². The van der Waals surface area contributed by atoms with Crippen molar-refractivity contribution < 1.29 is 4.74 Å². The molecular formula is C18H28BrNO. The predicted molar refractivity (Wildman–Crippen MR) is 92.5 cm³/mol. The van der Waals surface area contributed by atoms with Crippen molar-refractivity contribution in [2.45, 2.75) is 58.2 Å². The molecule has 0 spiro atoms. The maximum Gasteiger partial charge on any atom is 0.0963 e. The van der Waals surface area contributed by atoms with Crippen LogP contribution in [0, 0.1) is 5.92 Å². The van der Waals surface area contributed by atoms with Gasteiger partial charge in [0.05, 0.1) is 12.2 Å². The molecule has 1 saturated carbocycles. The number of rotatable bonds is 7. The largest absolute Gasteiger partial charge is 0.369 e. The highest BCUT2D eigenvalue weighted by molar-refractivity contribution is 9.10. The van der Waals surface area contributed by atoms with Gasteiger partial charge in [-0.05, 0) is 36.9 Å². The molecule has 1 fully saturated rings. The standard InChI is InChI=1S/C18H28BrNO/c1-3-14-8-7-9-15(12-14)21-18(13-20-4-2)16-10-5-6-11-17(16)19/h5-6,10-11,14-15,18,20H,3-4,7-9,12-13H2,1-2H3. The molecule has 3 heteroatoms. The van der Waals surface area contributed by atoms with E-state index in [1.165, 1.54) is 37.7 Å². The van der Waals surface area contributed by atoms with Crippen LogP contribution in [0.2, 0.25) is 0 Å². The lowest BCUT2D eigenvalue weighted by Crippen LogP contribution is -2.30. The van der Waals surface area contributed by atoms with Crippen molar-refractivity contribution in [2.24, 2.45) is 5.92 Å². The molecule has 0 aromatic heterocycles. The van der Waals surface area contributed by atoms with E-state index in [0.717, 1.165) is 23.5 Å². The van der Waals surface area contributed by atoms with Crippen molar-refractivity contribution in [3.8, 4) is 0 Å². The maximum atomic E-state index is 6.50. The van der Waals surface area contributed by atoms with E-state index in [1.807, 2.05) is 0 Å². The van der Waals surface area contributed by atoms with Crippen LogP contribution in [0.15, 0.2) is 28.7 Å². The van der Waals surface area contributed by atoms with Gasteiger partial charge in [-0.2, -0.15) is 0 Å². The fraction of sp³-hybridized carbons (Fsp3) is 0.667. The minimum Gasteiger partial charge on any atom is -0.369 e. The first-order valence-corrected chi connectivity index (χ1v) is 9.14. The highest BCUT2D eigenvalue weighted by Gasteiger charge is 2.25. The zero-order valence-electron chi connectivity index (χ0n) is 13.3. The molecule has 0 saturated heterocycles. The molecule has 1 aliphatic rings. The van der Waals surface area contributed by atoms with E-state index in [9.17, 15) is 0 Å². The van der Waals surface area contributed by atoms with Gasteiger partial charge in [0, 0.05) is 11.0 Å². The van der Waals surface area contributed by atoms with Crippen molar-refractivity contribution in [2.75, 3.05) is 13.1 Å². The summed E-state index contributed by atoms with van der Waals surface area (Å²) in [6.45, 7) is 6.31. The summed E-state index contributed by atoms with van der Waals surface area (Å²) < 4.78 is 7.65. The Kier molecular flexibility index (Phi) is 7.21. The Balaban J connectivity index is 2.04. The third-order valence-electron chi connectivity index (χ3n) is 4.50. The van der Waals surface area contributed by atoms with E-state index < -0.39 is 0 Å². The van der Waals surface area contributed by atoms with Crippen LogP contribution in [0.25, 0.3) is 0 Å². The van der Waals surface area contributed by atoms with E-state index >= 15 is 0 Å². The molecule has 118 valence electrons. The fourth-order valence-electron chi connectivity index (χ4n) is 3.21. The summed E-state index contributed by atoms with van der Waals surface area (Å²) in [5.74, 6) is 0.850. The summed E-state index contributed by atoms with van der Waals surface area (Å²) in [6, 6.07) is 8.43. The van der Waals surface area contributed by atoms with Gasteiger partial charge in [-0.25, -0.2) is 0 Å². The second-order valence-electron chi connectivity index (χ2n) is 6.02. The number of halogens is 1. The lowest BCUT2D eigenvalue weighted by Gasteiger charge is -2.32. The van der Waals surface area contributed by atoms with Crippen LogP contribution in [0.3, 0.4) is 0 Å². The van der Waals surface area contributed by atoms with Crippen molar-refractivity contribution in [1.82, 2.24) is 5.32 Å². The Morgan fingerprint density at radius 2 is 2.10 bits per heavy atom. The summed E-state index contributed by atoms with van der Waals surface area (Å²) in [4.78, 5) is 0. The van der Waals surface area contributed by atoms with Gasteiger partial charge in [-0.3, -0.25) is 0 Å². The monoisotopic (exact) mass is 353 g/mol. The maximum absolute atomic E-state index is 6.50. The van der Waals surface area contributed by atoms with Gasteiger partial charge < -0.3 is 10.1 Å². The van der Waals surface area contributed by atoms with Gasteiger partial charge in [0.2, 0.25) is 0 Å². The summed E-state index contributed by atoms with van der Waals surface area (Å²) in [5.41, 5.74) is 1.26. The number of hydrogen-bond donors (Lipinski definition) is 1. The lowest BCUT2D eigenvalue weighted by molar-refractivity contribution is -0.0416. The molecule has 0 radical (unpaired) electrons. The first-order chi connectivity index (χ1) is 10.2. The molecule has 3 unspecified atom stereocenters. The molecule has 0 amide bonds. The third kappa shape index (κ3) is 5.08. The number of likely N-dealkylation sites (N-methyl/N-ethyl adjacent to an activating group) is 1. The average Bonchev–Trinajstić information content (AvgIpc) is 2.52. The van der Waals surface area contributed by atoms with Crippen LogP contribution in [0.5, 0.6) is 0 Å². The van der Waals surface area contributed by atoms with Crippen LogP contribution in [0.4, 0.5) is 0 Å². The predicted octanol–water partition coefficient (Wildman–Crippen LogP) is 5.09. The Morgan fingerprint density at radius 3 is 2.81 bits per heavy atom. The number of hydrogen-bond acceptors (Lipinski definition) is 2. The molecule has 0 bridgehead atoms. The summed E-state index contributed by atoms with van der Waals surface area (Å²) in [6.07, 6.45) is 6.97. The molecule has 2 rings (SSSR count). The number of nitrogens with one attached hydrogen (secondary N) is 1. The van der Waals surface area contributed by atoms with E-state index in [2.05, 4.69) is 59.4 Å². The molecule has 3 atom stereocenters. The minimum absolute atomic E-state index is 0.140. The molecule has 0 heterocycles. The van der Waals surface area contributed by atoms with Crippen LogP contribution >= 0.6 is 15.9 Å². The second kappa shape index (κ2) is 8.92. The Labute approximate surface area is 137 Å². The van der Waals surface area contributed by atoms with Crippen molar-refractivity contribution in [3.63, 3.8) is 0 Å². The number of ether oxygens (including phenoxy) is 1. The molecule has 1 aromatic carbocycles. The Bertz CT molecular complexity index is 423. The van der Waals surface area contributed by atoms with Crippen molar-refractivity contribution in [1.29, 1.82) is 0 Å². The first kappa shape index (κ1) is 17.0. The van der Waals surface area contributed by atoms with Gasteiger partial charge in [0.25, 0.3) is 0 Å². The zero-order chi connectivity index (χ0) is 15.1. The SMILES string of the molecule is CCNCC(OC1CCCC(CC)C1)c1ccccc1Br. The van der Waals surface area contributed by atoms with E-state index in [0.29, 0.717) is 6.10 Å². The molecule has 1 aliphatic carbocycles. The third-order valence-corrected chi connectivity index (χ3v) is 5.22. The lowest BCUT2D eigenvalue weighted by atomic mass is 9.85. The summed E-state index contributed by atoms with van der Waals surface area (Å²) in [5, 5.41) is 3.44. The molecule has 21 heavy (non-hydrogen) atoms. The Morgan fingerprint density at radius 1 is 1.29 bits per heavy atom. The highest BCUT2D eigenvalue weighted by Crippen LogP contribution is 2.33. The van der Waals surface area contributed by atoms with Gasteiger partial charge >= 0.3 is 0 Å². The minimum atomic E-state index is 0.140. The molecular weight excluding hydrogens is 326 g/mol. The molecule has 1 N–H and O–H groups in total. The number of benzene rings is 1. The smallest absolute Gasteiger partial charge is 0.0963 e. The Hall–Kier alpha value is -0.380. The van der Waals surface area contributed by atoms with E-state index in [4.69, 9.17) is 4.74 Å². The fourth-order valence-corrected chi connectivity index (χ4v) is 3.75. The molecule has 2 nitrogen and oxygen atoms in total. The quantitative estimate of drug-likeness (QED) is 0.737. The van der Waals surface area contributed by atoms with Crippen LogP contribution < -0.4 is 5.32 Å². The average molecular weight is 354 g/mol. The molecule has 0 aliphatic heterocycles. The van der Waals surface area contributed by atoms with E-state index in [-0.39, 0.29) is 6.10 Å². The summed E-state index contributed by atoms with van der Waals surface area (Å²) >= 11 is 3.67. The summed E-state index contributed by atoms with van der Waals surface area (Å²) in [7, 11) is 0. The topological polar surface area (TPSA) is 21.3 Å². The van der Waals surface area contributed by atoms with Gasteiger partial charge in [-0.15, -0.1) is 0 Å². The van der Waals surface area contributed by atoms with Crippen LogP contribution in [-0.4, -0.2) is 19.2 Å². The van der Waals surface area contributed by atoms with Gasteiger partial charge in [0.15, 0.2) is 0 Å². The highest BCUT2D eigenvalue weighted by atomic mass is 79.9. The van der Waals surface area contributed by atoms with E-state index in [1.54, 1.807) is 0 Å². The zero-order valence-corrected chi connectivity index (χ0v) is 14.9. The van der Waals surface area contributed by atoms with Crippen LogP contribution in [0.1, 0.15) is 57.6 Å². The normalized spacial score (nSPS) is 24.0. The van der Waals surface area contributed by atoms with Gasteiger partial charge in [0.1, 0.15) is 0 Å². The second-order valence-corrected chi connectivity index (χ2v) is 6.87. The van der Waals surface area contributed by atoms with Crippen LogP contribution in [-0.2, 0) is 4.74 Å². The molecule has 1 aromatic rings. The first-order valence-electron chi connectivity index (χ1n) is 8.35. The van der Waals surface area contributed by atoms with Crippen molar-refractivity contribution >= 4 is 15.9 Å². The van der Waals surface area contributed by atoms with Crippen molar-refractivity contribution in [3.05, 3.63) is 34.3 Å².